The summed E-state index contributed by atoms with van der Waals surface area (Å²) in [6, 6.07) is 14.1. The van der Waals surface area contributed by atoms with Gasteiger partial charge in [0.15, 0.2) is 0 Å². The molecule has 6 heteroatoms. The van der Waals surface area contributed by atoms with E-state index in [1.165, 1.54) is 0 Å². The van der Waals surface area contributed by atoms with E-state index in [-0.39, 0.29) is 5.75 Å². The van der Waals surface area contributed by atoms with Gasteiger partial charge < -0.3 is 0 Å². The third-order valence-corrected chi connectivity index (χ3v) is 4.66. The predicted molar refractivity (Wildman–Crippen MR) is 86.3 cm³/mol. The highest BCUT2D eigenvalue weighted by atomic mass is 79.9. The van der Waals surface area contributed by atoms with Crippen molar-refractivity contribution >= 4 is 31.6 Å². The van der Waals surface area contributed by atoms with Crippen molar-refractivity contribution < 1.29 is 8.42 Å². The third-order valence-electron chi connectivity index (χ3n) is 2.95. The minimum atomic E-state index is -3.58. The van der Waals surface area contributed by atoms with Gasteiger partial charge in [0, 0.05) is 4.47 Å². The summed E-state index contributed by atoms with van der Waals surface area (Å²) in [6.45, 7) is 1.83. The highest BCUT2D eigenvalue weighted by molar-refractivity contribution is 9.10. The Kier molecular flexibility index (Phi) is 4.66. The van der Waals surface area contributed by atoms with E-state index in [0.717, 1.165) is 10.0 Å². The molecule has 0 bridgehead atoms. The molecule has 0 heterocycles. The number of nitriles is 1. The van der Waals surface area contributed by atoms with Crippen LogP contribution in [0.2, 0.25) is 0 Å². The van der Waals surface area contributed by atoms with Crippen molar-refractivity contribution in [2.75, 3.05) is 4.72 Å². The topological polar surface area (TPSA) is 70.0 Å². The zero-order valence-corrected chi connectivity index (χ0v) is 13.7. The lowest BCUT2D eigenvalue weighted by Crippen LogP contribution is -2.16. The van der Waals surface area contributed by atoms with Gasteiger partial charge >= 0.3 is 0 Å². The van der Waals surface area contributed by atoms with Crippen LogP contribution in [0.4, 0.5) is 5.69 Å². The molecule has 108 valence electrons. The van der Waals surface area contributed by atoms with E-state index >= 15 is 0 Å². The highest BCUT2D eigenvalue weighted by Crippen LogP contribution is 2.23. The van der Waals surface area contributed by atoms with E-state index in [1.54, 1.807) is 30.3 Å². The number of aryl methyl sites for hydroxylation is 1. The fourth-order valence-corrected chi connectivity index (χ4v) is 3.52. The molecule has 0 saturated heterocycles. The SMILES string of the molecule is Cc1ccc(Br)cc1NS(=O)(=O)Cc1ccccc1C#N. The first-order chi connectivity index (χ1) is 9.91. The van der Waals surface area contributed by atoms with Crippen LogP contribution in [-0.4, -0.2) is 8.42 Å². The summed E-state index contributed by atoms with van der Waals surface area (Å²) < 4.78 is 27.9. The van der Waals surface area contributed by atoms with E-state index in [2.05, 4.69) is 20.7 Å². The molecule has 0 saturated carbocycles. The Morgan fingerprint density at radius 2 is 1.95 bits per heavy atom. The van der Waals surface area contributed by atoms with E-state index in [4.69, 9.17) is 5.26 Å². The van der Waals surface area contributed by atoms with E-state index in [1.807, 2.05) is 25.1 Å². The van der Waals surface area contributed by atoms with Crippen molar-refractivity contribution in [1.29, 1.82) is 5.26 Å². The van der Waals surface area contributed by atoms with Gasteiger partial charge in [-0.15, -0.1) is 0 Å². The minimum Gasteiger partial charge on any atom is -0.283 e. The Morgan fingerprint density at radius 1 is 1.24 bits per heavy atom. The van der Waals surface area contributed by atoms with Crippen LogP contribution in [0.3, 0.4) is 0 Å². The van der Waals surface area contributed by atoms with Crippen LogP contribution in [0.15, 0.2) is 46.9 Å². The molecular formula is C15H13BrN2O2S. The van der Waals surface area contributed by atoms with Crippen LogP contribution in [0.5, 0.6) is 0 Å². The van der Waals surface area contributed by atoms with Gasteiger partial charge in [-0.2, -0.15) is 5.26 Å². The summed E-state index contributed by atoms with van der Waals surface area (Å²) in [5.41, 5.74) is 2.21. The summed E-state index contributed by atoms with van der Waals surface area (Å²) in [5, 5.41) is 9.01. The van der Waals surface area contributed by atoms with Gasteiger partial charge in [-0.05, 0) is 36.2 Å². The molecule has 4 nitrogen and oxygen atoms in total. The monoisotopic (exact) mass is 364 g/mol. The normalized spacial score (nSPS) is 10.9. The summed E-state index contributed by atoms with van der Waals surface area (Å²) in [7, 11) is -3.58. The van der Waals surface area contributed by atoms with Crippen LogP contribution < -0.4 is 4.72 Å². The molecule has 0 atom stereocenters. The fraction of sp³-hybridized carbons (Fsp3) is 0.133. The van der Waals surface area contributed by atoms with Gasteiger partial charge in [-0.1, -0.05) is 40.2 Å². The molecular weight excluding hydrogens is 352 g/mol. The van der Waals surface area contributed by atoms with E-state index in [9.17, 15) is 8.42 Å². The maximum Gasteiger partial charge on any atom is 0.236 e. The Labute approximate surface area is 132 Å². The van der Waals surface area contributed by atoms with Gasteiger partial charge in [0.2, 0.25) is 10.0 Å². The predicted octanol–water partition coefficient (Wildman–Crippen LogP) is 3.57. The zero-order chi connectivity index (χ0) is 15.5. The molecule has 0 aliphatic heterocycles. The second-order valence-corrected chi connectivity index (χ2v) is 7.23. The number of anilines is 1. The van der Waals surface area contributed by atoms with Crippen molar-refractivity contribution in [3.63, 3.8) is 0 Å². The summed E-state index contributed by atoms with van der Waals surface area (Å²) >= 11 is 3.32. The number of hydrogen-bond acceptors (Lipinski definition) is 3. The first-order valence-electron chi connectivity index (χ1n) is 6.16. The van der Waals surface area contributed by atoms with Crippen molar-refractivity contribution in [2.45, 2.75) is 12.7 Å². The smallest absolute Gasteiger partial charge is 0.236 e. The molecule has 0 spiro atoms. The van der Waals surface area contributed by atoms with Crippen LogP contribution in [0.1, 0.15) is 16.7 Å². The van der Waals surface area contributed by atoms with Gasteiger partial charge in [0.1, 0.15) is 0 Å². The molecule has 0 aliphatic carbocycles. The van der Waals surface area contributed by atoms with Gasteiger partial charge in [-0.3, -0.25) is 4.72 Å². The zero-order valence-electron chi connectivity index (χ0n) is 11.3. The minimum absolute atomic E-state index is 0.233. The van der Waals surface area contributed by atoms with Crippen molar-refractivity contribution in [2.24, 2.45) is 0 Å². The Hall–Kier alpha value is -1.84. The number of hydrogen-bond donors (Lipinski definition) is 1. The van der Waals surface area contributed by atoms with Crippen LogP contribution in [-0.2, 0) is 15.8 Å². The molecule has 0 aliphatic rings. The third kappa shape index (κ3) is 4.06. The number of nitrogens with zero attached hydrogens (tertiary/aromatic N) is 1. The Morgan fingerprint density at radius 3 is 2.67 bits per heavy atom. The molecule has 0 unspecified atom stereocenters. The lowest BCUT2D eigenvalue weighted by atomic mass is 10.1. The maximum absolute atomic E-state index is 12.3. The van der Waals surface area contributed by atoms with Crippen LogP contribution in [0.25, 0.3) is 0 Å². The molecule has 2 aromatic carbocycles. The van der Waals surface area contributed by atoms with Crippen molar-refractivity contribution in [1.82, 2.24) is 0 Å². The first kappa shape index (κ1) is 15.5. The number of sulfonamides is 1. The average molecular weight is 365 g/mol. The lowest BCUT2D eigenvalue weighted by molar-refractivity contribution is 0.600. The summed E-state index contributed by atoms with van der Waals surface area (Å²) in [4.78, 5) is 0. The number of nitrogens with one attached hydrogen (secondary N) is 1. The second-order valence-electron chi connectivity index (χ2n) is 4.59. The number of benzene rings is 2. The van der Waals surface area contributed by atoms with Crippen LogP contribution in [0, 0.1) is 18.3 Å². The molecule has 0 fully saturated rings. The van der Waals surface area contributed by atoms with Gasteiger partial charge in [0.05, 0.1) is 23.1 Å². The fourth-order valence-electron chi connectivity index (χ4n) is 1.87. The molecule has 1 N–H and O–H groups in total. The van der Waals surface area contributed by atoms with E-state index < -0.39 is 10.0 Å². The van der Waals surface area contributed by atoms with Crippen molar-refractivity contribution in [3.8, 4) is 6.07 Å². The molecule has 2 rings (SSSR count). The lowest BCUT2D eigenvalue weighted by Gasteiger charge is -2.11. The quantitative estimate of drug-likeness (QED) is 0.901. The molecule has 0 radical (unpaired) electrons. The number of halogens is 1. The Balaban J connectivity index is 2.27. The van der Waals surface area contributed by atoms with Crippen molar-refractivity contribution in [3.05, 3.63) is 63.6 Å². The highest BCUT2D eigenvalue weighted by Gasteiger charge is 2.15. The summed E-state index contributed by atoms with van der Waals surface area (Å²) in [6.07, 6.45) is 0. The molecule has 0 amide bonds. The molecule has 0 aromatic heterocycles. The largest absolute Gasteiger partial charge is 0.283 e. The standard InChI is InChI=1S/C15H13BrN2O2S/c1-11-6-7-14(16)8-15(11)18-21(19,20)10-13-5-3-2-4-12(13)9-17/h2-8,18H,10H2,1H3. The number of rotatable bonds is 4. The van der Waals surface area contributed by atoms with Gasteiger partial charge in [-0.25, -0.2) is 8.42 Å². The first-order valence-corrected chi connectivity index (χ1v) is 8.60. The average Bonchev–Trinajstić information content (AvgIpc) is 2.43. The second kappa shape index (κ2) is 6.29. The Bertz CT molecular complexity index is 811. The molecule has 2 aromatic rings. The maximum atomic E-state index is 12.3. The van der Waals surface area contributed by atoms with E-state index in [0.29, 0.717) is 16.8 Å². The summed E-state index contributed by atoms with van der Waals surface area (Å²) in [5.74, 6) is -0.233. The van der Waals surface area contributed by atoms with Gasteiger partial charge in [0.25, 0.3) is 0 Å². The van der Waals surface area contributed by atoms with Crippen LogP contribution >= 0.6 is 15.9 Å². The molecule has 21 heavy (non-hydrogen) atoms.